The summed E-state index contributed by atoms with van der Waals surface area (Å²) in [4.78, 5) is 4.19. The molecule has 0 saturated heterocycles. The third kappa shape index (κ3) is 2.29. The minimum absolute atomic E-state index is 0.480. The molecule has 0 aromatic carbocycles. The molecule has 82 valence electrons. The number of hydrogen-bond donors (Lipinski definition) is 1. The Morgan fingerprint density at radius 2 is 2.40 bits per heavy atom. The molecule has 0 bridgehead atoms. The number of aromatic nitrogens is 1. The van der Waals surface area contributed by atoms with Crippen LogP contribution in [0.3, 0.4) is 0 Å². The van der Waals surface area contributed by atoms with Crippen LogP contribution in [-0.2, 0) is 0 Å². The standard InChI is InChI=1S/C12H17NO2/c1-15-11-6-3-7-13-12(11)10(14)8-9-4-2-5-9/h3,6-7,9-10,14H,2,4-5,8H2,1H3. The van der Waals surface area contributed by atoms with E-state index in [1.807, 2.05) is 12.1 Å². The predicted octanol–water partition coefficient (Wildman–Crippen LogP) is 2.31. The Bertz CT molecular complexity index is 323. The highest BCUT2D eigenvalue weighted by molar-refractivity contribution is 5.28. The average molecular weight is 207 g/mol. The fourth-order valence-electron chi connectivity index (χ4n) is 1.98. The van der Waals surface area contributed by atoms with Crippen LogP contribution >= 0.6 is 0 Å². The molecule has 1 saturated carbocycles. The molecule has 1 fully saturated rings. The van der Waals surface area contributed by atoms with Crippen molar-refractivity contribution in [2.45, 2.75) is 31.8 Å². The van der Waals surface area contributed by atoms with E-state index in [0.29, 0.717) is 17.4 Å². The van der Waals surface area contributed by atoms with Gasteiger partial charge in [0.2, 0.25) is 0 Å². The van der Waals surface area contributed by atoms with Gasteiger partial charge in [-0.1, -0.05) is 19.3 Å². The van der Waals surface area contributed by atoms with Crippen LogP contribution in [-0.4, -0.2) is 17.2 Å². The minimum Gasteiger partial charge on any atom is -0.495 e. The second-order valence-corrected chi connectivity index (χ2v) is 4.14. The predicted molar refractivity (Wildman–Crippen MR) is 57.7 cm³/mol. The number of hydrogen-bond acceptors (Lipinski definition) is 3. The Morgan fingerprint density at radius 1 is 1.60 bits per heavy atom. The normalized spacial score (nSPS) is 18.3. The van der Waals surface area contributed by atoms with Gasteiger partial charge in [0.05, 0.1) is 13.2 Å². The lowest BCUT2D eigenvalue weighted by Crippen LogP contribution is -2.15. The van der Waals surface area contributed by atoms with Crippen molar-refractivity contribution in [2.24, 2.45) is 5.92 Å². The van der Waals surface area contributed by atoms with Crippen molar-refractivity contribution in [2.75, 3.05) is 7.11 Å². The molecule has 1 aliphatic rings. The number of methoxy groups -OCH3 is 1. The molecule has 1 N–H and O–H groups in total. The van der Waals surface area contributed by atoms with Gasteiger partial charge in [0.1, 0.15) is 11.4 Å². The first kappa shape index (κ1) is 10.4. The second kappa shape index (κ2) is 4.62. The van der Waals surface area contributed by atoms with Crippen molar-refractivity contribution in [1.29, 1.82) is 0 Å². The van der Waals surface area contributed by atoms with Crippen LogP contribution < -0.4 is 4.74 Å². The Kier molecular flexibility index (Phi) is 3.21. The van der Waals surface area contributed by atoms with Crippen LogP contribution in [0, 0.1) is 5.92 Å². The van der Waals surface area contributed by atoms with Gasteiger partial charge in [-0.2, -0.15) is 0 Å². The Morgan fingerprint density at radius 3 is 3.00 bits per heavy atom. The Hall–Kier alpha value is -1.09. The first-order valence-corrected chi connectivity index (χ1v) is 5.48. The molecule has 0 aliphatic heterocycles. The largest absolute Gasteiger partial charge is 0.495 e. The van der Waals surface area contributed by atoms with Crippen LogP contribution in [0.15, 0.2) is 18.3 Å². The van der Waals surface area contributed by atoms with Crippen LogP contribution in [0.5, 0.6) is 5.75 Å². The lowest BCUT2D eigenvalue weighted by atomic mass is 9.81. The second-order valence-electron chi connectivity index (χ2n) is 4.14. The van der Waals surface area contributed by atoms with E-state index in [0.717, 1.165) is 6.42 Å². The summed E-state index contributed by atoms with van der Waals surface area (Å²) in [6.07, 6.45) is 5.82. The molecule has 1 aliphatic carbocycles. The van der Waals surface area contributed by atoms with Crippen molar-refractivity contribution in [3.63, 3.8) is 0 Å². The van der Waals surface area contributed by atoms with Gasteiger partial charge in [-0.05, 0) is 24.5 Å². The first-order valence-electron chi connectivity index (χ1n) is 5.48. The van der Waals surface area contributed by atoms with Gasteiger partial charge in [0, 0.05) is 6.20 Å². The molecule has 1 aromatic heterocycles. The maximum Gasteiger partial charge on any atom is 0.143 e. The topological polar surface area (TPSA) is 42.4 Å². The summed E-state index contributed by atoms with van der Waals surface area (Å²) in [7, 11) is 1.61. The van der Waals surface area contributed by atoms with Gasteiger partial charge in [-0.3, -0.25) is 4.98 Å². The molecular formula is C12H17NO2. The highest BCUT2D eigenvalue weighted by Gasteiger charge is 2.24. The molecule has 0 radical (unpaired) electrons. The summed E-state index contributed by atoms with van der Waals surface area (Å²) in [6.45, 7) is 0. The Labute approximate surface area is 90.1 Å². The molecule has 0 spiro atoms. The molecule has 3 heteroatoms. The van der Waals surface area contributed by atoms with Gasteiger partial charge in [0.25, 0.3) is 0 Å². The first-order chi connectivity index (χ1) is 7.31. The summed E-state index contributed by atoms with van der Waals surface area (Å²) in [5.74, 6) is 1.36. The van der Waals surface area contributed by atoms with Gasteiger partial charge in [-0.25, -0.2) is 0 Å². The molecular weight excluding hydrogens is 190 g/mol. The van der Waals surface area contributed by atoms with Gasteiger partial charge in [0.15, 0.2) is 0 Å². The quantitative estimate of drug-likeness (QED) is 0.823. The molecule has 1 heterocycles. The molecule has 2 rings (SSSR count). The zero-order valence-corrected chi connectivity index (χ0v) is 9.02. The lowest BCUT2D eigenvalue weighted by Gasteiger charge is -2.27. The van der Waals surface area contributed by atoms with Crippen molar-refractivity contribution in [3.05, 3.63) is 24.0 Å². The van der Waals surface area contributed by atoms with Gasteiger partial charge < -0.3 is 9.84 Å². The van der Waals surface area contributed by atoms with Crippen LogP contribution in [0.25, 0.3) is 0 Å². The van der Waals surface area contributed by atoms with Gasteiger partial charge in [-0.15, -0.1) is 0 Å². The third-order valence-electron chi connectivity index (χ3n) is 3.12. The molecule has 0 amide bonds. The zero-order chi connectivity index (χ0) is 10.7. The van der Waals surface area contributed by atoms with Crippen molar-refractivity contribution < 1.29 is 9.84 Å². The molecule has 1 aromatic rings. The maximum absolute atomic E-state index is 10.0. The van der Waals surface area contributed by atoms with E-state index in [4.69, 9.17) is 4.74 Å². The highest BCUT2D eigenvalue weighted by Crippen LogP contribution is 2.36. The lowest BCUT2D eigenvalue weighted by molar-refractivity contribution is 0.112. The van der Waals surface area contributed by atoms with Crippen molar-refractivity contribution >= 4 is 0 Å². The highest BCUT2D eigenvalue weighted by atomic mass is 16.5. The fraction of sp³-hybridized carbons (Fsp3) is 0.583. The van der Waals surface area contributed by atoms with E-state index in [-0.39, 0.29) is 0 Å². The van der Waals surface area contributed by atoms with Crippen molar-refractivity contribution in [1.82, 2.24) is 4.98 Å². The molecule has 15 heavy (non-hydrogen) atoms. The Balaban J connectivity index is 2.05. The monoisotopic (exact) mass is 207 g/mol. The van der Waals surface area contributed by atoms with E-state index in [9.17, 15) is 5.11 Å². The number of nitrogens with zero attached hydrogens (tertiary/aromatic N) is 1. The zero-order valence-electron chi connectivity index (χ0n) is 9.02. The summed E-state index contributed by atoms with van der Waals surface area (Å²) in [6, 6.07) is 3.66. The summed E-state index contributed by atoms with van der Waals surface area (Å²) < 4.78 is 5.18. The van der Waals surface area contributed by atoms with E-state index in [1.54, 1.807) is 13.3 Å². The van der Waals surface area contributed by atoms with Crippen LogP contribution in [0.2, 0.25) is 0 Å². The van der Waals surface area contributed by atoms with E-state index in [2.05, 4.69) is 4.98 Å². The number of ether oxygens (including phenoxy) is 1. The molecule has 3 nitrogen and oxygen atoms in total. The van der Waals surface area contributed by atoms with Crippen LogP contribution in [0.1, 0.15) is 37.5 Å². The number of rotatable bonds is 4. The number of aliphatic hydroxyl groups is 1. The van der Waals surface area contributed by atoms with Crippen LogP contribution in [0.4, 0.5) is 0 Å². The van der Waals surface area contributed by atoms with E-state index >= 15 is 0 Å². The average Bonchev–Trinajstić information content (AvgIpc) is 2.23. The molecule has 1 unspecified atom stereocenters. The number of pyridine rings is 1. The maximum atomic E-state index is 10.0. The summed E-state index contributed by atoms with van der Waals surface area (Å²) in [5, 5.41) is 10.0. The SMILES string of the molecule is COc1cccnc1C(O)CC1CCC1. The van der Waals surface area contributed by atoms with E-state index < -0.39 is 6.10 Å². The third-order valence-corrected chi connectivity index (χ3v) is 3.12. The summed E-state index contributed by atoms with van der Waals surface area (Å²) in [5.41, 5.74) is 0.673. The smallest absolute Gasteiger partial charge is 0.143 e. The van der Waals surface area contributed by atoms with Crippen molar-refractivity contribution in [3.8, 4) is 5.75 Å². The minimum atomic E-state index is -0.480. The number of aliphatic hydroxyl groups excluding tert-OH is 1. The molecule has 1 atom stereocenters. The fourth-order valence-corrected chi connectivity index (χ4v) is 1.98. The summed E-state index contributed by atoms with van der Waals surface area (Å²) >= 11 is 0. The van der Waals surface area contributed by atoms with E-state index in [1.165, 1.54) is 19.3 Å². The van der Waals surface area contributed by atoms with Gasteiger partial charge >= 0.3 is 0 Å².